The zero-order valence-electron chi connectivity index (χ0n) is 11.1. The topological polar surface area (TPSA) is 46.2 Å². The van der Waals surface area contributed by atoms with Gasteiger partial charge in [0.05, 0.1) is 5.02 Å². The first-order valence-electron chi connectivity index (χ1n) is 6.09. The van der Waals surface area contributed by atoms with E-state index in [4.69, 9.17) is 11.6 Å². The summed E-state index contributed by atoms with van der Waals surface area (Å²) in [4.78, 5) is 0.132. The molecule has 0 fully saturated rings. The van der Waals surface area contributed by atoms with Gasteiger partial charge in [-0.25, -0.2) is 13.1 Å². The number of alkyl halides is 1. The molecule has 0 amide bonds. The predicted octanol–water partition coefficient (Wildman–Crippen LogP) is 3.82. The maximum absolute atomic E-state index is 12.2. The fourth-order valence-electron chi connectivity index (χ4n) is 1.66. The smallest absolute Gasteiger partial charge is 0.211 e. The Balaban J connectivity index is 2.74. The number of benzene rings is 1. The summed E-state index contributed by atoms with van der Waals surface area (Å²) in [5.41, 5.74) is -0.0813. The minimum absolute atomic E-state index is 0.0813. The maximum atomic E-state index is 12.2. The van der Waals surface area contributed by atoms with Crippen LogP contribution in [0.25, 0.3) is 0 Å². The van der Waals surface area contributed by atoms with Crippen molar-refractivity contribution in [3.8, 4) is 0 Å². The molecule has 3 nitrogen and oxygen atoms in total. The number of hydrogen-bond donors (Lipinski definition) is 1. The Hall–Kier alpha value is -0.100. The molecule has 0 bridgehead atoms. The zero-order chi connectivity index (χ0) is 14.5. The average molecular weight is 369 g/mol. The normalized spacial score (nSPS) is 12.6. The summed E-state index contributed by atoms with van der Waals surface area (Å²) in [6.45, 7) is 4.49. The highest BCUT2D eigenvalue weighted by molar-refractivity contribution is 9.09. The number of nitrogens with one attached hydrogen (secondary N) is 1. The molecule has 1 aromatic rings. The van der Waals surface area contributed by atoms with Crippen LogP contribution in [0.3, 0.4) is 0 Å². The van der Waals surface area contributed by atoms with Crippen LogP contribution in [0.2, 0.25) is 5.02 Å². The molecule has 19 heavy (non-hydrogen) atoms. The lowest BCUT2D eigenvalue weighted by Gasteiger charge is -2.24. The van der Waals surface area contributed by atoms with Crippen LogP contribution in [-0.2, 0) is 10.0 Å². The van der Waals surface area contributed by atoms with Crippen molar-refractivity contribution >= 4 is 37.6 Å². The van der Waals surface area contributed by atoms with Gasteiger partial charge < -0.3 is 0 Å². The summed E-state index contributed by atoms with van der Waals surface area (Å²) in [7, 11) is -3.54. The Kier molecular flexibility index (Phi) is 6.30. The first kappa shape index (κ1) is 17.0. The molecule has 0 aromatic heterocycles. The standard InChI is InChI=1S/C13H19BrClNO2S/c1-13(2,8-5-9-14)10-16-19(17,18)12-7-4-3-6-11(12)15/h3-4,6-7,16H,5,8-10H2,1-2H3. The number of halogens is 2. The van der Waals surface area contributed by atoms with Gasteiger partial charge in [-0.15, -0.1) is 0 Å². The lowest BCUT2D eigenvalue weighted by atomic mass is 9.88. The summed E-state index contributed by atoms with van der Waals surface area (Å²) < 4.78 is 27.0. The second-order valence-electron chi connectivity index (χ2n) is 5.21. The van der Waals surface area contributed by atoms with Crippen LogP contribution in [0, 0.1) is 5.41 Å². The van der Waals surface area contributed by atoms with Crippen molar-refractivity contribution in [1.29, 1.82) is 0 Å². The molecular formula is C13H19BrClNO2S. The van der Waals surface area contributed by atoms with E-state index in [0.717, 1.165) is 18.2 Å². The number of sulfonamides is 1. The molecular weight excluding hydrogens is 350 g/mol. The quantitative estimate of drug-likeness (QED) is 0.744. The monoisotopic (exact) mass is 367 g/mol. The molecule has 6 heteroatoms. The van der Waals surface area contributed by atoms with Gasteiger partial charge in [-0.1, -0.05) is 53.5 Å². The summed E-state index contributed by atoms with van der Waals surface area (Å²) in [5.74, 6) is 0. The van der Waals surface area contributed by atoms with Gasteiger partial charge in [-0.3, -0.25) is 0 Å². The van der Waals surface area contributed by atoms with E-state index in [2.05, 4.69) is 20.7 Å². The van der Waals surface area contributed by atoms with Gasteiger partial charge in [-0.05, 0) is 30.4 Å². The second-order valence-corrected chi connectivity index (χ2v) is 8.15. The highest BCUT2D eigenvalue weighted by Gasteiger charge is 2.23. The van der Waals surface area contributed by atoms with Gasteiger partial charge in [0.1, 0.15) is 4.90 Å². The minimum Gasteiger partial charge on any atom is -0.211 e. The highest BCUT2D eigenvalue weighted by atomic mass is 79.9. The van der Waals surface area contributed by atoms with E-state index in [1.165, 1.54) is 6.07 Å². The van der Waals surface area contributed by atoms with Crippen LogP contribution >= 0.6 is 27.5 Å². The minimum atomic E-state index is -3.54. The zero-order valence-corrected chi connectivity index (χ0v) is 14.3. The van der Waals surface area contributed by atoms with E-state index in [-0.39, 0.29) is 15.3 Å². The summed E-state index contributed by atoms with van der Waals surface area (Å²) in [5, 5.41) is 1.17. The van der Waals surface area contributed by atoms with Crippen LogP contribution in [0.4, 0.5) is 0 Å². The van der Waals surface area contributed by atoms with E-state index in [1.807, 2.05) is 13.8 Å². The molecule has 0 aliphatic rings. The molecule has 1 N–H and O–H groups in total. The van der Waals surface area contributed by atoms with Crippen molar-refractivity contribution in [2.75, 3.05) is 11.9 Å². The van der Waals surface area contributed by atoms with E-state index < -0.39 is 10.0 Å². The van der Waals surface area contributed by atoms with Gasteiger partial charge in [0.15, 0.2) is 0 Å². The van der Waals surface area contributed by atoms with Crippen molar-refractivity contribution in [2.24, 2.45) is 5.41 Å². The molecule has 0 aliphatic carbocycles. The molecule has 0 atom stereocenters. The third-order valence-corrected chi connectivity index (χ3v) is 5.32. The van der Waals surface area contributed by atoms with Gasteiger partial charge in [0.25, 0.3) is 0 Å². The lowest BCUT2D eigenvalue weighted by Crippen LogP contribution is -2.34. The maximum Gasteiger partial charge on any atom is 0.242 e. The second kappa shape index (κ2) is 7.07. The largest absolute Gasteiger partial charge is 0.242 e. The summed E-state index contributed by atoms with van der Waals surface area (Å²) in [6, 6.07) is 6.46. The third kappa shape index (κ3) is 5.42. The van der Waals surface area contributed by atoms with Crippen LogP contribution in [0.5, 0.6) is 0 Å². The highest BCUT2D eigenvalue weighted by Crippen LogP contribution is 2.24. The molecule has 0 spiro atoms. The van der Waals surface area contributed by atoms with Gasteiger partial charge in [0.2, 0.25) is 10.0 Å². The number of rotatable bonds is 7. The molecule has 0 saturated heterocycles. The number of hydrogen-bond acceptors (Lipinski definition) is 2. The molecule has 0 heterocycles. The van der Waals surface area contributed by atoms with E-state index in [9.17, 15) is 8.42 Å². The third-order valence-electron chi connectivity index (χ3n) is 2.85. The molecule has 1 aromatic carbocycles. The first-order valence-corrected chi connectivity index (χ1v) is 9.07. The first-order chi connectivity index (χ1) is 8.78. The fourth-order valence-corrected chi connectivity index (χ4v) is 3.70. The molecule has 1 rings (SSSR count). The van der Waals surface area contributed by atoms with Gasteiger partial charge in [-0.2, -0.15) is 0 Å². The Bertz CT molecular complexity index is 517. The molecule has 0 aliphatic heterocycles. The SMILES string of the molecule is CC(C)(CCCBr)CNS(=O)(=O)c1ccccc1Cl. The Morgan fingerprint density at radius 2 is 1.95 bits per heavy atom. The van der Waals surface area contributed by atoms with Crippen molar-refractivity contribution in [1.82, 2.24) is 4.72 Å². The molecule has 108 valence electrons. The molecule has 0 radical (unpaired) electrons. The van der Waals surface area contributed by atoms with Gasteiger partial charge in [0, 0.05) is 11.9 Å². The Morgan fingerprint density at radius 3 is 2.53 bits per heavy atom. The van der Waals surface area contributed by atoms with Crippen LogP contribution < -0.4 is 4.72 Å². The molecule has 0 saturated carbocycles. The van der Waals surface area contributed by atoms with Crippen molar-refractivity contribution in [2.45, 2.75) is 31.6 Å². The average Bonchev–Trinajstić information content (AvgIpc) is 2.35. The van der Waals surface area contributed by atoms with Crippen LogP contribution in [0.15, 0.2) is 29.2 Å². The van der Waals surface area contributed by atoms with Crippen molar-refractivity contribution in [3.63, 3.8) is 0 Å². The Labute approximate surface area is 128 Å². The van der Waals surface area contributed by atoms with E-state index in [1.54, 1.807) is 18.2 Å². The Morgan fingerprint density at radius 1 is 1.32 bits per heavy atom. The van der Waals surface area contributed by atoms with Gasteiger partial charge >= 0.3 is 0 Å². The summed E-state index contributed by atoms with van der Waals surface area (Å²) in [6.07, 6.45) is 1.96. The lowest BCUT2D eigenvalue weighted by molar-refractivity contribution is 0.332. The van der Waals surface area contributed by atoms with E-state index >= 15 is 0 Å². The summed E-state index contributed by atoms with van der Waals surface area (Å²) >= 11 is 9.30. The molecule has 0 unspecified atom stereocenters. The fraction of sp³-hybridized carbons (Fsp3) is 0.538. The van der Waals surface area contributed by atoms with Crippen molar-refractivity contribution < 1.29 is 8.42 Å². The van der Waals surface area contributed by atoms with Crippen LogP contribution in [0.1, 0.15) is 26.7 Å². The van der Waals surface area contributed by atoms with Crippen LogP contribution in [-0.4, -0.2) is 20.3 Å². The van der Waals surface area contributed by atoms with E-state index in [0.29, 0.717) is 6.54 Å². The van der Waals surface area contributed by atoms with Crippen molar-refractivity contribution in [3.05, 3.63) is 29.3 Å². The predicted molar refractivity (Wildman–Crippen MR) is 83.4 cm³/mol.